The number of nitrogens with one attached hydrogen (secondary N) is 2. The molecule has 1 aromatic rings. The highest BCUT2D eigenvalue weighted by Crippen LogP contribution is 2.19. The zero-order valence-corrected chi connectivity index (χ0v) is 11.6. The number of hydrogen-bond acceptors (Lipinski definition) is 4. The van der Waals surface area contributed by atoms with Crippen molar-refractivity contribution in [3.63, 3.8) is 0 Å². The van der Waals surface area contributed by atoms with Crippen LogP contribution in [-0.4, -0.2) is 14.2 Å². The van der Waals surface area contributed by atoms with E-state index in [0.29, 0.717) is 12.0 Å². The molecule has 0 heterocycles. The molecule has 5 nitrogen and oxygen atoms in total. The van der Waals surface area contributed by atoms with E-state index >= 15 is 0 Å². The minimum Gasteiger partial charge on any atom is -0.281 e. The maximum atomic E-state index is 13.8. The molecule has 0 aliphatic carbocycles. The summed E-state index contributed by atoms with van der Waals surface area (Å²) < 4.78 is 39.0. The molecule has 0 aliphatic heterocycles. The number of nitrogens with two attached hydrogens (primary N) is 1. The van der Waals surface area contributed by atoms with Crippen molar-refractivity contribution in [2.45, 2.75) is 19.9 Å². The second-order valence-corrected chi connectivity index (χ2v) is 5.42. The lowest BCUT2D eigenvalue weighted by Crippen LogP contribution is -2.22. The monoisotopic (exact) mass is 297 g/mol. The van der Waals surface area contributed by atoms with Crippen LogP contribution < -0.4 is 16.0 Å². The van der Waals surface area contributed by atoms with Gasteiger partial charge in [-0.2, -0.15) is 0 Å². The van der Waals surface area contributed by atoms with E-state index in [1.54, 1.807) is 13.0 Å². The van der Waals surface area contributed by atoms with Gasteiger partial charge in [0.2, 0.25) is 10.0 Å². The van der Waals surface area contributed by atoms with E-state index in [9.17, 15) is 12.8 Å². The van der Waals surface area contributed by atoms with Crippen molar-refractivity contribution in [3.8, 4) is 0 Å². The summed E-state index contributed by atoms with van der Waals surface area (Å²) >= 11 is 0. The molecular weight excluding hydrogens is 281 g/mol. The molecule has 0 aromatic heterocycles. The van der Waals surface area contributed by atoms with Crippen LogP contribution in [-0.2, 0) is 16.6 Å². The van der Waals surface area contributed by atoms with Crippen LogP contribution in [0.3, 0.4) is 0 Å². The molecule has 1 aromatic carbocycles. The van der Waals surface area contributed by atoms with Crippen molar-refractivity contribution >= 4 is 28.1 Å². The fraction of sp³-hybridized carbons (Fsp3) is 0.400. The predicted octanol–water partition coefficient (Wildman–Crippen LogP) is 1.36. The van der Waals surface area contributed by atoms with Gasteiger partial charge >= 0.3 is 0 Å². The van der Waals surface area contributed by atoms with E-state index in [2.05, 4.69) is 10.1 Å². The van der Waals surface area contributed by atoms with Crippen LogP contribution in [0.25, 0.3) is 0 Å². The molecule has 8 heteroatoms. The Hall–Kier alpha value is -0.890. The van der Waals surface area contributed by atoms with Crippen LogP contribution in [0.2, 0.25) is 0 Å². The largest absolute Gasteiger partial charge is 0.281 e. The van der Waals surface area contributed by atoms with Crippen LogP contribution in [0.4, 0.5) is 10.1 Å². The molecule has 18 heavy (non-hydrogen) atoms. The third-order valence-corrected chi connectivity index (χ3v) is 3.59. The topological polar surface area (TPSA) is 84.2 Å². The fourth-order valence-electron chi connectivity index (χ4n) is 1.39. The van der Waals surface area contributed by atoms with E-state index in [-0.39, 0.29) is 30.4 Å². The molecule has 0 spiro atoms. The summed E-state index contributed by atoms with van der Waals surface area (Å²) in [6.45, 7) is 1.87. The van der Waals surface area contributed by atoms with E-state index in [0.717, 1.165) is 0 Å². The summed E-state index contributed by atoms with van der Waals surface area (Å²) in [5, 5.41) is 0. The van der Waals surface area contributed by atoms with Gasteiger partial charge in [-0.15, -0.1) is 12.4 Å². The highest BCUT2D eigenvalue weighted by molar-refractivity contribution is 7.92. The molecule has 0 aliphatic rings. The maximum absolute atomic E-state index is 13.8. The summed E-state index contributed by atoms with van der Waals surface area (Å²) in [6, 6.07) is 4.48. The normalized spacial score (nSPS) is 10.8. The average Bonchev–Trinajstić information content (AvgIpc) is 2.24. The molecule has 0 amide bonds. The molecule has 0 atom stereocenters. The Labute approximate surface area is 112 Å². The second-order valence-electron chi connectivity index (χ2n) is 3.58. The molecule has 104 valence electrons. The minimum atomic E-state index is -3.48. The Bertz CT molecular complexity index is 482. The van der Waals surface area contributed by atoms with E-state index in [4.69, 9.17) is 5.84 Å². The fourth-order valence-corrected chi connectivity index (χ4v) is 2.52. The zero-order chi connectivity index (χ0) is 12.9. The second kappa shape index (κ2) is 7.52. The summed E-state index contributed by atoms with van der Waals surface area (Å²) in [5.41, 5.74) is 2.58. The quantitative estimate of drug-likeness (QED) is 0.547. The van der Waals surface area contributed by atoms with Crippen molar-refractivity contribution < 1.29 is 12.8 Å². The lowest BCUT2D eigenvalue weighted by Gasteiger charge is -2.10. The highest BCUT2D eigenvalue weighted by atomic mass is 35.5. The third kappa shape index (κ3) is 4.77. The molecular formula is C10H17ClFN3O2S. The Morgan fingerprint density at radius 3 is 2.61 bits per heavy atom. The first-order valence-corrected chi connectivity index (χ1v) is 6.86. The Balaban J connectivity index is 0.00000289. The van der Waals surface area contributed by atoms with Crippen molar-refractivity contribution in [1.82, 2.24) is 5.43 Å². The van der Waals surface area contributed by atoms with Crippen molar-refractivity contribution in [2.75, 3.05) is 10.5 Å². The molecule has 1 rings (SSSR count). The highest BCUT2D eigenvalue weighted by Gasteiger charge is 2.13. The summed E-state index contributed by atoms with van der Waals surface area (Å²) in [6.07, 6.45) is 0.473. The van der Waals surface area contributed by atoms with Gasteiger partial charge in [-0.1, -0.05) is 19.1 Å². The first-order valence-electron chi connectivity index (χ1n) is 5.21. The van der Waals surface area contributed by atoms with Crippen LogP contribution in [0, 0.1) is 5.82 Å². The summed E-state index contributed by atoms with van der Waals surface area (Å²) in [5.74, 6) is 4.46. The van der Waals surface area contributed by atoms with Crippen molar-refractivity contribution in [2.24, 2.45) is 5.84 Å². The van der Waals surface area contributed by atoms with Gasteiger partial charge in [0.15, 0.2) is 5.82 Å². The molecule has 0 unspecified atom stereocenters. The first-order chi connectivity index (χ1) is 8.00. The standard InChI is InChI=1S/C10H16FN3O2S.ClH/c1-2-6-17(15,16)14-9-5-3-4-8(7-13-12)10(9)11;/h3-5,13-14H,2,6-7,12H2,1H3;1H. The average molecular weight is 298 g/mol. The van der Waals surface area contributed by atoms with Gasteiger partial charge < -0.3 is 0 Å². The number of hydrogen-bond donors (Lipinski definition) is 3. The van der Waals surface area contributed by atoms with E-state index in [1.807, 2.05) is 0 Å². The number of halogens is 2. The number of sulfonamides is 1. The Morgan fingerprint density at radius 2 is 2.06 bits per heavy atom. The Kier molecular flexibility index (Phi) is 7.15. The van der Waals surface area contributed by atoms with E-state index < -0.39 is 15.8 Å². The van der Waals surface area contributed by atoms with Gasteiger partial charge in [-0.25, -0.2) is 12.8 Å². The predicted molar refractivity (Wildman–Crippen MR) is 72.4 cm³/mol. The van der Waals surface area contributed by atoms with Gasteiger partial charge in [-0.3, -0.25) is 16.0 Å². The molecule has 0 saturated heterocycles. The molecule has 0 radical (unpaired) electrons. The van der Waals surface area contributed by atoms with Crippen LogP contribution in [0.1, 0.15) is 18.9 Å². The van der Waals surface area contributed by atoms with Crippen LogP contribution >= 0.6 is 12.4 Å². The smallest absolute Gasteiger partial charge is 0.232 e. The number of anilines is 1. The summed E-state index contributed by atoms with van der Waals surface area (Å²) in [4.78, 5) is 0. The number of hydrazine groups is 1. The van der Waals surface area contributed by atoms with Crippen molar-refractivity contribution in [3.05, 3.63) is 29.6 Å². The van der Waals surface area contributed by atoms with Crippen molar-refractivity contribution in [1.29, 1.82) is 0 Å². The van der Waals surface area contributed by atoms with Gasteiger partial charge in [-0.05, 0) is 12.5 Å². The summed E-state index contributed by atoms with van der Waals surface area (Å²) in [7, 11) is -3.48. The van der Waals surface area contributed by atoms with Gasteiger partial charge in [0.1, 0.15) is 0 Å². The maximum Gasteiger partial charge on any atom is 0.232 e. The Morgan fingerprint density at radius 1 is 1.39 bits per heavy atom. The third-order valence-electron chi connectivity index (χ3n) is 2.11. The van der Waals surface area contributed by atoms with Crippen LogP contribution in [0.5, 0.6) is 0 Å². The van der Waals surface area contributed by atoms with Gasteiger partial charge in [0.25, 0.3) is 0 Å². The van der Waals surface area contributed by atoms with E-state index in [1.165, 1.54) is 12.1 Å². The first kappa shape index (κ1) is 17.1. The molecule has 0 fully saturated rings. The lowest BCUT2D eigenvalue weighted by atomic mass is 10.2. The lowest BCUT2D eigenvalue weighted by molar-refractivity contribution is 0.590. The number of benzene rings is 1. The molecule has 0 saturated carbocycles. The zero-order valence-electron chi connectivity index (χ0n) is 9.94. The number of rotatable bonds is 6. The minimum absolute atomic E-state index is 0. The van der Waals surface area contributed by atoms with Gasteiger partial charge in [0, 0.05) is 12.1 Å². The van der Waals surface area contributed by atoms with Gasteiger partial charge in [0.05, 0.1) is 11.4 Å². The molecule has 4 N–H and O–H groups in total. The van der Waals surface area contributed by atoms with Crippen LogP contribution in [0.15, 0.2) is 18.2 Å². The SMILES string of the molecule is CCCS(=O)(=O)Nc1cccc(CNN)c1F.Cl. The molecule has 0 bridgehead atoms.